The highest BCUT2D eigenvalue weighted by Gasteiger charge is 2.34. The normalized spacial score (nSPS) is 21.7. The number of halogens is 1. The molecule has 2 nitrogen and oxygen atoms in total. The average molecular weight is 303 g/mol. The van der Waals surface area contributed by atoms with Crippen molar-refractivity contribution in [3.8, 4) is 0 Å². The van der Waals surface area contributed by atoms with Crippen LogP contribution >= 0.6 is 11.6 Å². The third-order valence-electron chi connectivity index (χ3n) is 5.25. The highest BCUT2D eigenvalue weighted by Crippen LogP contribution is 2.44. The number of hydrogen-bond donors (Lipinski definition) is 0. The van der Waals surface area contributed by atoms with Crippen molar-refractivity contribution in [3.05, 3.63) is 34.5 Å². The maximum absolute atomic E-state index is 6.52. The van der Waals surface area contributed by atoms with Crippen LogP contribution in [0.15, 0.2) is 18.2 Å². The number of fused-ring (bicyclic) bond motifs is 3. The monoisotopic (exact) mass is 302 g/mol. The maximum Gasteiger partial charge on any atom is 0.0675 e. The number of para-hydroxylation sites is 1. The Morgan fingerprint density at radius 3 is 3.05 bits per heavy atom. The first-order chi connectivity index (χ1) is 10.3. The molecule has 1 aromatic carbocycles. The summed E-state index contributed by atoms with van der Waals surface area (Å²) in [5.41, 5.74) is 4.43. The van der Waals surface area contributed by atoms with E-state index in [1.54, 1.807) is 11.3 Å². The number of hydrogen-bond acceptors (Lipinski definition) is 1. The molecule has 4 rings (SSSR count). The summed E-state index contributed by atoms with van der Waals surface area (Å²) < 4.78 is 2.53. The molecule has 1 aliphatic heterocycles. The van der Waals surface area contributed by atoms with Gasteiger partial charge in [0.05, 0.1) is 16.6 Å². The lowest BCUT2D eigenvalue weighted by Crippen LogP contribution is -2.40. The van der Waals surface area contributed by atoms with Crippen LogP contribution in [0.25, 0.3) is 10.9 Å². The Labute approximate surface area is 131 Å². The quantitative estimate of drug-likeness (QED) is 0.791. The lowest BCUT2D eigenvalue weighted by atomic mass is 9.89. The SMILES string of the molecule is CCCCN1CCn2c3c(c4cccc(Cl)c42)CCC[C@H]31. The molecular formula is C18H23ClN2. The zero-order chi connectivity index (χ0) is 14.4. The van der Waals surface area contributed by atoms with Crippen molar-refractivity contribution in [2.24, 2.45) is 0 Å². The molecule has 112 valence electrons. The molecule has 3 heteroatoms. The van der Waals surface area contributed by atoms with Crippen LogP contribution in [-0.2, 0) is 13.0 Å². The molecule has 0 amide bonds. The van der Waals surface area contributed by atoms with Crippen molar-refractivity contribution in [2.75, 3.05) is 13.1 Å². The zero-order valence-corrected chi connectivity index (χ0v) is 13.5. The van der Waals surface area contributed by atoms with Gasteiger partial charge in [0.2, 0.25) is 0 Å². The Morgan fingerprint density at radius 1 is 1.29 bits per heavy atom. The van der Waals surface area contributed by atoms with Gasteiger partial charge in [-0.25, -0.2) is 0 Å². The molecule has 21 heavy (non-hydrogen) atoms. The summed E-state index contributed by atoms with van der Waals surface area (Å²) in [4.78, 5) is 2.72. The van der Waals surface area contributed by atoms with Crippen LogP contribution in [0.4, 0.5) is 0 Å². The molecule has 0 saturated carbocycles. The third-order valence-corrected chi connectivity index (χ3v) is 5.56. The van der Waals surface area contributed by atoms with Crippen LogP contribution in [0.1, 0.15) is 49.9 Å². The minimum atomic E-state index is 0.623. The summed E-state index contributed by atoms with van der Waals surface area (Å²) in [6, 6.07) is 7.03. The number of aryl methyl sites for hydroxylation is 1. The van der Waals surface area contributed by atoms with Crippen LogP contribution in [0.2, 0.25) is 5.02 Å². The fraction of sp³-hybridized carbons (Fsp3) is 0.556. The first-order valence-corrected chi connectivity index (χ1v) is 8.72. The molecule has 1 atom stereocenters. The average Bonchev–Trinajstić information content (AvgIpc) is 2.84. The van der Waals surface area contributed by atoms with E-state index >= 15 is 0 Å². The molecule has 2 heterocycles. The van der Waals surface area contributed by atoms with E-state index in [1.165, 1.54) is 56.1 Å². The van der Waals surface area contributed by atoms with Crippen molar-refractivity contribution in [2.45, 2.75) is 51.6 Å². The molecule has 0 bridgehead atoms. The summed E-state index contributed by atoms with van der Waals surface area (Å²) >= 11 is 6.52. The predicted octanol–water partition coefficient (Wildman–Crippen LogP) is 4.79. The lowest BCUT2D eigenvalue weighted by molar-refractivity contribution is 0.139. The Bertz CT molecular complexity index is 673. The van der Waals surface area contributed by atoms with Crippen molar-refractivity contribution < 1.29 is 0 Å². The molecule has 1 aliphatic carbocycles. The van der Waals surface area contributed by atoms with Crippen LogP contribution in [-0.4, -0.2) is 22.6 Å². The van der Waals surface area contributed by atoms with Crippen molar-refractivity contribution in [1.29, 1.82) is 0 Å². The maximum atomic E-state index is 6.52. The van der Waals surface area contributed by atoms with Gasteiger partial charge in [0.25, 0.3) is 0 Å². The Kier molecular flexibility index (Phi) is 3.47. The highest BCUT2D eigenvalue weighted by atomic mass is 35.5. The summed E-state index contributed by atoms with van der Waals surface area (Å²) in [5, 5.41) is 2.32. The predicted molar refractivity (Wildman–Crippen MR) is 89.1 cm³/mol. The molecule has 0 N–H and O–H groups in total. The third kappa shape index (κ3) is 2.03. The van der Waals surface area contributed by atoms with E-state index in [1.807, 2.05) is 6.07 Å². The van der Waals surface area contributed by atoms with E-state index in [0.29, 0.717) is 6.04 Å². The fourth-order valence-corrected chi connectivity index (χ4v) is 4.58. The topological polar surface area (TPSA) is 8.17 Å². The van der Waals surface area contributed by atoms with Crippen LogP contribution in [0.5, 0.6) is 0 Å². The van der Waals surface area contributed by atoms with Gasteiger partial charge < -0.3 is 4.57 Å². The fourth-order valence-electron chi connectivity index (χ4n) is 4.31. The number of unbranched alkanes of at least 4 members (excludes halogenated alkanes) is 1. The lowest BCUT2D eigenvalue weighted by Gasteiger charge is -2.40. The standard InChI is InChI=1S/C18H23ClN2/c1-2-3-10-20-11-12-21-17-13(6-4-8-15(17)19)14-7-5-9-16(20)18(14)21/h4,6,8,16H,2-3,5,7,9-12H2,1H3/t16-/m1/s1. The Hall–Kier alpha value is -0.990. The van der Waals surface area contributed by atoms with Gasteiger partial charge in [0.1, 0.15) is 0 Å². The molecule has 0 radical (unpaired) electrons. The minimum Gasteiger partial charge on any atom is -0.340 e. The molecule has 1 aromatic heterocycles. The van der Waals surface area contributed by atoms with E-state index in [2.05, 4.69) is 28.5 Å². The summed E-state index contributed by atoms with van der Waals surface area (Å²) in [6.45, 7) is 5.80. The van der Waals surface area contributed by atoms with E-state index in [-0.39, 0.29) is 0 Å². The molecule has 0 saturated heterocycles. The van der Waals surface area contributed by atoms with Gasteiger partial charge in [-0.05, 0) is 43.9 Å². The summed E-state index contributed by atoms with van der Waals surface area (Å²) in [5.74, 6) is 0. The molecular weight excluding hydrogens is 280 g/mol. The molecule has 2 aromatic rings. The van der Waals surface area contributed by atoms with E-state index in [9.17, 15) is 0 Å². The van der Waals surface area contributed by atoms with Crippen LogP contribution < -0.4 is 0 Å². The molecule has 2 aliphatic rings. The van der Waals surface area contributed by atoms with Crippen molar-refractivity contribution in [3.63, 3.8) is 0 Å². The van der Waals surface area contributed by atoms with Gasteiger partial charge in [-0.2, -0.15) is 0 Å². The largest absolute Gasteiger partial charge is 0.340 e. The molecule has 0 spiro atoms. The number of aromatic nitrogens is 1. The second-order valence-corrected chi connectivity index (χ2v) is 6.86. The molecule has 0 fully saturated rings. The second kappa shape index (κ2) is 5.33. The van der Waals surface area contributed by atoms with Crippen molar-refractivity contribution in [1.82, 2.24) is 9.47 Å². The zero-order valence-electron chi connectivity index (χ0n) is 12.7. The minimum absolute atomic E-state index is 0.623. The number of benzene rings is 1. The summed E-state index contributed by atoms with van der Waals surface area (Å²) in [6.07, 6.45) is 6.44. The first kappa shape index (κ1) is 13.7. The molecule has 0 unspecified atom stereocenters. The highest BCUT2D eigenvalue weighted by molar-refractivity contribution is 6.35. The van der Waals surface area contributed by atoms with Gasteiger partial charge >= 0.3 is 0 Å². The Morgan fingerprint density at radius 2 is 2.19 bits per heavy atom. The van der Waals surface area contributed by atoms with Gasteiger partial charge in [-0.1, -0.05) is 37.1 Å². The number of rotatable bonds is 3. The van der Waals surface area contributed by atoms with Gasteiger partial charge in [0.15, 0.2) is 0 Å². The van der Waals surface area contributed by atoms with Crippen LogP contribution in [0.3, 0.4) is 0 Å². The van der Waals surface area contributed by atoms with Gasteiger partial charge in [-0.15, -0.1) is 0 Å². The van der Waals surface area contributed by atoms with Crippen molar-refractivity contribution >= 4 is 22.5 Å². The van der Waals surface area contributed by atoms with Gasteiger partial charge in [-0.3, -0.25) is 4.90 Å². The number of nitrogens with zero attached hydrogens (tertiary/aromatic N) is 2. The Balaban J connectivity index is 1.86. The van der Waals surface area contributed by atoms with E-state index < -0.39 is 0 Å². The smallest absolute Gasteiger partial charge is 0.0675 e. The van der Waals surface area contributed by atoms with Gasteiger partial charge in [0, 0.05) is 24.2 Å². The first-order valence-electron chi connectivity index (χ1n) is 8.34. The summed E-state index contributed by atoms with van der Waals surface area (Å²) in [7, 11) is 0. The van der Waals surface area contributed by atoms with E-state index in [4.69, 9.17) is 11.6 Å². The second-order valence-electron chi connectivity index (χ2n) is 6.45. The van der Waals surface area contributed by atoms with Crippen LogP contribution in [0, 0.1) is 0 Å². The van der Waals surface area contributed by atoms with E-state index in [0.717, 1.165) is 11.6 Å².